The van der Waals surface area contributed by atoms with E-state index in [1.807, 2.05) is 7.05 Å². The van der Waals surface area contributed by atoms with Crippen LogP contribution in [-0.2, 0) is 4.74 Å². The minimum Gasteiger partial charge on any atom is -0.383 e. The van der Waals surface area contributed by atoms with Crippen molar-refractivity contribution in [2.75, 3.05) is 40.9 Å². The number of nitrogens with zero attached hydrogens (tertiary/aromatic N) is 1. The van der Waals surface area contributed by atoms with Gasteiger partial charge in [0.05, 0.1) is 6.61 Å². The van der Waals surface area contributed by atoms with Crippen molar-refractivity contribution in [3.05, 3.63) is 0 Å². The Morgan fingerprint density at radius 2 is 2.00 bits per heavy atom. The summed E-state index contributed by atoms with van der Waals surface area (Å²) < 4.78 is 5.13. The fourth-order valence-corrected chi connectivity index (χ4v) is 1.37. The van der Waals surface area contributed by atoms with Crippen LogP contribution in [-0.4, -0.2) is 51.8 Å². The Labute approximate surface area is 88.8 Å². The van der Waals surface area contributed by atoms with Crippen molar-refractivity contribution in [2.24, 2.45) is 5.92 Å². The molecule has 86 valence electrons. The molecule has 0 aromatic rings. The molecular weight excluding hydrogens is 176 g/mol. The van der Waals surface area contributed by atoms with E-state index in [2.05, 4.69) is 31.1 Å². The van der Waals surface area contributed by atoms with Crippen molar-refractivity contribution in [3.8, 4) is 0 Å². The zero-order chi connectivity index (χ0) is 11.0. The van der Waals surface area contributed by atoms with Crippen molar-refractivity contribution >= 4 is 0 Å². The van der Waals surface area contributed by atoms with Crippen LogP contribution in [0.5, 0.6) is 0 Å². The highest BCUT2D eigenvalue weighted by Gasteiger charge is 2.09. The third-order valence-electron chi connectivity index (χ3n) is 2.40. The van der Waals surface area contributed by atoms with Gasteiger partial charge in [0.25, 0.3) is 0 Å². The Morgan fingerprint density at radius 1 is 1.36 bits per heavy atom. The first-order chi connectivity index (χ1) is 6.60. The quantitative estimate of drug-likeness (QED) is 0.640. The van der Waals surface area contributed by atoms with Crippen LogP contribution in [0.15, 0.2) is 0 Å². The fourth-order valence-electron chi connectivity index (χ4n) is 1.37. The van der Waals surface area contributed by atoms with Gasteiger partial charge >= 0.3 is 0 Å². The van der Waals surface area contributed by atoms with Crippen molar-refractivity contribution in [1.29, 1.82) is 0 Å². The van der Waals surface area contributed by atoms with Gasteiger partial charge in [0.2, 0.25) is 0 Å². The minimum atomic E-state index is 0.442. The molecule has 0 fully saturated rings. The van der Waals surface area contributed by atoms with Crippen molar-refractivity contribution in [2.45, 2.75) is 26.3 Å². The molecule has 0 saturated heterocycles. The molecule has 0 aliphatic rings. The lowest BCUT2D eigenvalue weighted by Crippen LogP contribution is -2.41. The summed E-state index contributed by atoms with van der Waals surface area (Å²) in [5, 5.41) is 3.25. The summed E-state index contributed by atoms with van der Waals surface area (Å²) in [4.78, 5) is 2.36. The third-order valence-corrected chi connectivity index (χ3v) is 2.40. The first kappa shape index (κ1) is 13.9. The number of methoxy groups -OCH3 is 1. The van der Waals surface area contributed by atoms with Gasteiger partial charge in [0, 0.05) is 19.7 Å². The van der Waals surface area contributed by atoms with Crippen LogP contribution >= 0.6 is 0 Å². The zero-order valence-corrected chi connectivity index (χ0v) is 10.3. The van der Waals surface area contributed by atoms with Crippen molar-refractivity contribution < 1.29 is 4.74 Å². The predicted molar refractivity (Wildman–Crippen MR) is 61.7 cm³/mol. The van der Waals surface area contributed by atoms with E-state index < -0.39 is 0 Å². The average Bonchev–Trinajstić information content (AvgIpc) is 2.14. The molecule has 0 heterocycles. The molecule has 0 amide bonds. The molecule has 0 bridgehead atoms. The maximum absolute atomic E-state index is 5.13. The number of ether oxygens (including phenoxy) is 1. The minimum absolute atomic E-state index is 0.442. The average molecular weight is 202 g/mol. The van der Waals surface area contributed by atoms with E-state index in [-0.39, 0.29) is 0 Å². The molecule has 1 N–H and O–H groups in total. The maximum Gasteiger partial charge on any atom is 0.0628 e. The molecule has 0 aromatic carbocycles. The number of hydrogen-bond donors (Lipinski definition) is 1. The maximum atomic E-state index is 5.13. The monoisotopic (exact) mass is 202 g/mol. The van der Waals surface area contributed by atoms with Crippen LogP contribution in [0.3, 0.4) is 0 Å². The molecule has 1 unspecified atom stereocenters. The molecular formula is C11H26N2O. The van der Waals surface area contributed by atoms with E-state index in [9.17, 15) is 0 Å². The summed E-state index contributed by atoms with van der Waals surface area (Å²) >= 11 is 0. The molecule has 3 nitrogen and oxygen atoms in total. The first-order valence-corrected chi connectivity index (χ1v) is 5.44. The number of likely N-dealkylation sites (N-methyl/N-ethyl adjacent to an activating group) is 2. The smallest absolute Gasteiger partial charge is 0.0628 e. The highest BCUT2D eigenvalue weighted by atomic mass is 16.5. The molecule has 0 aliphatic carbocycles. The second kappa shape index (κ2) is 8.21. The van der Waals surface area contributed by atoms with E-state index in [0.29, 0.717) is 6.04 Å². The predicted octanol–water partition coefficient (Wildman–Crippen LogP) is 1.20. The summed E-state index contributed by atoms with van der Waals surface area (Å²) in [6.07, 6.45) is 1.26. The Morgan fingerprint density at radius 3 is 2.43 bits per heavy atom. The molecule has 0 rings (SSSR count). The molecule has 14 heavy (non-hydrogen) atoms. The molecule has 3 heteroatoms. The van der Waals surface area contributed by atoms with Crippen LogP contribution in [0, 0.1) is 5.92 Å². The Balaban J connectivity index is 3.61. The lowest BCUT2D eigenvalue weighted by molar-refractivity contribution is 0.148. The molecule has 0 radical (unpaired) electrons. The van der Waals surface area contributed by atoms with Crippen molar-refractivity contribution in [3.63, 3.8) is 0 Å². The van der Waals surface area contributed by atoms with Gasteiger partial charge in [-0.2, -0.15) is 0 Å². The molecule has 0 aromatic heterocycles. The zero-order valence-electron chi connectivity index (χ0n) is 10.3. The van der Waals surface area contributed by atoms with E-state index in [4.69, 9.17) is 4.74 Å². The second-order valence-electron chi connectivity index (χ2n) is 4.39. The van der Waals surface area contributed by atoms with Gasteiger partial charge in [-0.15, -0.1) is 0 Å². The Bertz CT molecular complexity index is 128. The van der Waals surface area contributed by atoms with Gasteiger partial charge in [-0.3, -0.25) is 0 Å². The summed E-state index contributed by atoms with van der Waals surface area (Å²) in [5.74, 6) is 0.785. The SMILES string of the molecule is CNC(COC)CN(C)CCC(C)C. The second-order valence-corrected chi connectivity index (χ2v) is 4.39. The summed E-state index contributed by atoms with van der Waals surface area (Å²) in [5.41, 5.74) is 0. The molecule has 0 spiro atoms. The van der Waals surface area contributed by atoms with E-state index in [0.717, 1.165) is 19.1 Å². The fraction of sp³-hybridized carbons (Fsp3) is 1.00. The molecule has 1 atom stereocenters. The van der Waals surface area contributed by atoms with Crippen LogP contribution in [0.1, 0.15) is 20.3 Å². The number of hydrogen-bond acceptors (Lipinski definition) is 3. The summed E-state index contributed by atoms with van der Waals surface area (Å²) in [7, 11) is 5.90. The van der Waals surface area contributed by atoms with E-state index >= 15 is 0 Å². The topological polar surface area (TPSA) is 24.5 Å². The van der Waals surface area contributed by atoms with E-state index in [1.165, 1.54) is 13.0 Å². The van der Waals surface area contributed by atoms with E-state index in [1.54, 1.807) is 7.11 Å². The van der Waals surface area contributed by atoms with Gasteiger partial charge in [-0.25, -0.2) is 0 Å². The largest absolute Gasteiger partial charge is 0.383 e. The number of rotatable bonds is 8. The third kappa shape index (κ3) is 7.30. The normalized spacial score (nSPS) is 13.9. The van der Waals surface area contributed by atoms with Crippen LogP contribution in [0.25, 0.3) is 0 Å². The highest BCUT2D eigenvalue weighted by Crippen LogP contribution is 2.01. The Kier molecular flexibility index (Phi) is 8.14. The lowest BCUT2D eigenvalue weighted by atomic mass is 10.1. The van der Waals surface area contributed by atoms with Gasteiger partial charge in [0.15, 0.2) is 0 Å². The molecule has 0 aliphatic heterocycles. The Hall–Kier alpha value is -0.120. The van der Waals surface area contributed by atoms with Gasteiger partial charge in [-0.05, 0) is 33.0 Å². The first-order valence-electron chi connectivity index (χ1n) is 5.44. The van der Waals surface area contributed by atoms with Crippen LogP contribution < -0.4 is 5.32 Å². The molecule has 0 saturated carbocycles. The van der Waals surface area contributed by atoms with Gasteiger partial charge in [-0.1, -0.05) is 13.8 Å². The van der Waals surface area contributed by atoms with Crippen molar-refractivity contribution in [1.82, 2.24) is 10.2 Å². The summed E-state index contributed by atoms with van der Waals surface area (Å²) in [6, 6.07) is 0.442. The standard InChI is InChI=1S/C11H26N2O/c1-10(2)6-7-13(4)8-11(12-3)9-14-5/h10-12H,6-9H2,1-5H3. The lowest BCUT2D eigenvalue weighted by Gasteiger charge is -2.23. The van der Waals surface area contributed by atoms with Gasteiger partial charge in [0.1, 0.15) is 0 Å². The highest BCUT2D eigenvalue weighted by molar-refractivity contribution is 4.68. The summed E-state index contributed by atoms with van der Waals surface area (Å²) in [6.45, 7) is 7.52. The van der Waals surface area contributed by atoms with Gasteiger partial charge < -0.3 is 15.0 Å². The van der Waals surface area contributed by atoms with Crippen LogP contribution in [0.4, 0.5) is 0 Å². The number of nitrogens with one attached hydrogen (secondary N) is 1. The van der Waals surface area contributed by atoms with Crippen LogP contribution in [0.2, 0.25) is 0 Å².